The van der Waals surface area contributed by atoms with E-state index in [1.807, 2.05) is 6.07 Å². The molecule has 0 saturated heterocycles. The molecule has 3 nitrogen and oxygen atoms in total. The Kier molecular flexibility index (Phi) is 4.95. The van der Waals surface area contributed by atoms with E-state index >= 15 is 0 Å². The van der Waals surface area contributed by atoms with Gasteiger partial charge in [0.15, 0.2) is 0 Å². The minimum atomic E-state index is -0.728. The number of carbonyl (C=O) groups excluding carboxylic acids is 1. The van der Waals surface area contributed by atoms with Crippen LogP contribution < -0.4 is 4.74 Å². The molecule has 4 heteroatoms. The van der Waals surface area contributed by atoms with Crippen molar-refractivity contribution in [2.75, 3.05) is 0 Å². The fraction of sp³-hybridized carbons (Fsp3) is 0.238. The topological polar surface area (TPSA) is 50.1 Å². The van der Waals surface area contributed by atoms with Crippen LogP contribution in [0.5, 0.6) is 5.75 Å². The number of esters is 1. The molecule has 0 unspecified atom stereocenters. The number of carbonyl (C=O) groups is 1. The highest BCUT2D eigenvalue weighted by atomic mass is 19.1. The summed E-state index contributed by atoms with van der Waals surface area (Å²) < 4.78 is 19.6. The van der Waals surface area contributed by atoms with Gasteiger partial charge in [-0.3, -0.25) is 0 Å². The van der Waals surface area contributed by atoms with Gasteiger partial charge < -0.3 is 4.74 Å². The Morgan fingerprint density at radius 3 is 2.68 bits per heavy atom. The third kappa shape index (κ3) is 3.77. The van der Waals surface area contributed by atoms with Crippen molar-refractivity contribution in [2.24, 2.45) is 0 Å². The Morgan fingerprint density at radius 2 is 2.00 bits per heavy atom. The molecule has 0 spiro atoms. The lowest BCUT2D eigenvalue weighted by molar-refractivity contribution is 0.0729. The zero-order valence-electron chi connectivity index (χ0n) is 14.0. The predicted octanol–water partition coefficient (Wildman–Crippen LogP) is 4.74. The van der Waals surface area contributed by atoms with Crippen LogP contribution in [0.4, 0.5) is 4.39 Å². The Labute approximate surface area is 146 Å². The van der Waals surface area contributed by atoms with Gasteiger partial charge in [0.05, 0.1) is 17.2 Å². The fourth-order valence-electron chi connectivity index (χ4n) is 3.01. The van der Waals surface area contributed by atoms with Gasteiger partial charge in [0, 0.05) is 0 Å². The molecule has 0 heterocycles. The summed E-state index contributed by atoms with van der Waals surface area (Å²) in [6, 6.07) is 11.2. The van der Waals surface area contributed by atoms with Gasteiger partial charge in [-0.15, -0.1) is 0 Å². The summed E-state index contributed by atoms with van der Waals surface area (Å²) in [5.74, 6) is -1.00. The molecule has 1 aliphatic carbocycles. The summed E-state index contributed by atoms with van der Waals surface area (Å²) in [6.07, 6.45) is 5.70. The lowest BCUT2D eigenvalue weighted by atomic mass is 9.88. The molecule has 0 aromatic heterocycles. The average molecular weight is 335 g/mol. The molecule has 3 rings (SSSR count). The number of ether oxygens (including phenoxy) is 1. The van der Waals surface area contributed by atoms with Crippen LogP contribution in [0.2, 0.25) is 0 Å². The molecule has 0 atom stereocenters. The van der Waals surface area contributed by atoms with Crippen molar-refractivity contribution in [3.05, 3.63) is 76.1 Å². The largest absolute Gasteiger partial charge is 0.423 e. The van der Waals surface area contributed by atoms with Crippen LogP contribution in [-0.2, 0) is 12.8 Å². The van der Waals surface area contributed by atoms with E-state index in [9.17, 15) is 9.18 Å². The minimum Gasteiger partial charge on any atom is -0.423 e. The van der Waals surface area contributed by atoms with Gasteiger partial charge in [-0.05, 0) is 66.8 Å². The van der Waals surface area contributed by atoms with Crippen LogP contribution in [0.25, 0.3) is 0 Å². The van der Waals surface area contributed by atoms with Gasteiger partial charge in [-0.25, -0.2) is 9.18 Å². The van der Waals surface area contributed by atoms with Gasteiger partial charge in [-0.1, -0.05) is 25.0 Å². The van der Waals surface area contributed by atoms with Crippen molar-refractivity contribution < 1.29 is 13.9 Å². The smallest absolute Gasteiger partial charge is 0.346 e. The van der Waals surface area contributed by atoms with Gasteiger partial charge in [-0.2, -0.15) is 5.26 Å². The molecule has 2 aromatic carbocycles. The first-order valence-corrected chi connectivity index (χ1v) is 8.32. The molecule has 1 aliphatic rings. The number of nitrogens with zero attached hydrogens (tertiary/aromatic N) is 1. The van der Waals surface area contributed by atoms with E-state index in [2.05, 4.69) is 13.0 Å². The first kappa shape index (κ1) is 16.9. The molecular formula is C21H18FNO2. The van der Waals surface area contributed by atoms with Crippen LogP contribution in [0.15, 0.2) is 48.0 Å². The van der Waals surface area contributed by atoms with Gasteiger partial charge in [0.25, 0.3) is 0 Å². The monoisotopic (exact) mass is 335 g/mol. The summed E-state index contributed by atoms with van der Waals surface area (Å²) in [5.41, 5.74) is 3.64. The second-order valence-electron chi connectivity index (χ2n) is 6.12. The number of hydrogen-bond acceptors (Lipinski definition) is 3. The Morgan fingerprint density at radius 1 is 1.24 bits per heavy atom. The van der Waals surface area contributed by atoms with E-state index in [4.69, 9.17) is 10.00 Å². The average Bonchev–Trinajstić information content (AvgIpc) is 2.62. The summed E-state index contributed by atoms with van der Waals surface area (Å²) in [4.78, 5) is 12.3. The van der Waals surface area contributed by atoms with E-state index in [0.29, 0.717) is 12.0 Å². The van der Waals surface area contributed by atoms with E-state index < -0.39 is 11.8 Å². The molecule has 25 heavy (non-hydrogen) atoms. The van der Waals surface area contributed by atoms with Crippen molar-refractivity contribution in [3.8, 4) is 11.8 Å². The quantitative estimate of drug-likeness (QED) is 0.460. The summed E-state index contributed by atoms with van der Waals surface area (Å²) >= 11 is 0. The van der Waals surface area contributed by atoms with E-state index in [1.165, 1.54) is 23.8 Å². The summed E-state index contributed by atoms with van der Waals surface area (Å²) in [7, 11) is 0. The number of allylic oxidation sites excluding steroid dienone is 2. The van der Waals surface area contributed by atoms with Gasteiger partial charge in [0.2, 0.25) is 0 Å². The predicted molar refractivity (Wildman–Crippen MR) is 92.9 cm³/mol. The van der Waals surface area contributed by atoms with Crippen LogP contribution >= 0.6 is 0 Å². The normalized spacial score (nSPS) is 12.8. The van der Waals surface area contributed by atoms with E-state index in [-0.39, 0.29) is 11.3 Å². The number of benzene rings is 2. The maximum atomic E-state index is 14.4. The summed E-state index contributed by atoms with van der Waals surface area (Å²) in [5, 5.41) is 8.78. The molecule has 126 valence electrons. The third-order valence-electron chi connectivity index (χ3n) is 4.30. The maximum Gasteiger partial charge on any atom is 0.346 e. The SMILES string of the molecule is CCCC1=CCc2cc(C(=O)Oc3ccc(C#N)cc3)c(F)cc2C1. The molecule has 0 aliphatic heterocycles. The Hall–Kier alpha value is -2.93. The molecule has 2 aromatic rings. The highest BCUT2D eigenvalue weighted by Crippen LogP contribution is 2.27. The molecule has 0 bridgehead atoms. The van der Waals surface area contributed by atoms with E-state index in [0.717, 1.165) is 30.4 Å². The van der Waals surface area contributed by atoms with E-state index in [1.54, 1.807) is 18.2 Å². The summed E-state index contributed by atoms with van der Waals surface area (Å²) in [6.45, 7) is 2.12. The highest BCUT2D eigenvalue weighted by molar-refractivity contribution is 5.91. The first-order valence-electron chi connectivity index (χ1n) is 8.32. The maximum absolute atomic E-state index is 14.4. The minimum absolute atomic E-state index is 0.0598. The van der Waals surface area contributed by atoms with Crippen LogP contribution in [0.1, 0.15) is 46.8 Å². The number of nitriles is 1. The number of fused-ring (bicyclic) bond motifs is 1. The highest BCUT2D eigenvalue weighted by Gasteiger charge is 2.20. The molecule has 0 radical (unpaired) electrons. The molecule has 0 saturated carbocycles. The van der Waals surface area contributed by atoms with Crippen molar-refractivity contribution in [1.29, 1.82) is 5.26 Å². The first-order chi connectivity index (χ1) is 12.1. The Bertz CT molecular complexity index is 876. The lowest BCUT2D eigenvalue weighted by Gasteiger charge is -2.18. The Balaban J connectivity index is 1.80. The third-order valence-corrected chi connectivity index (χ3v) is 4.30. The van der Waals surface area contributed by atoms with Gasteiger partial charge in [0.1, 0.15) is 11.6 Å². The number of halogens is 1. The zero-order valence-corrected chi connectivity index (χ0v) is 14.0. The number of rotatable bonds is 4. The van der Waals surface area contributed by atoms with Gasteiger partial charge >= 0.3 is 5.97 Å². The lowest BCUT2D eigenvalue weighted by Crippen LogP contribution is -2.13. The fourth-order valence-corrected chi connectivity index (χ4v) is 3.01. The van der Waals surface area contributed by atoms with Crippen LogP contribution in [-0.4, -0.2) is 5.97 Å². The standard InChI is InChI=1S/C21H18FNO2/c1-2-3-14-4-7-16-11-19(20(22)12-17(16)10-14)21(24)25-18-8-5-15(13-23)6-9-18/h4-6,8-9,11-12H,2-3,7,10H2,1H3. The molecular weight excluding hydrogens is 317 g/mol. The van der Waals surface area contributed by atoms with Crippen LogP contribution in [0, 0.1) is 17.1 Å². The van der Waals surface area contributed by atoms with Crippen molar-refractivity contribution >= 4 is 5.97 Å². The molecule has 0 amide bonds. The zero-order chi connectivity index (χ0) is 17.8. The second kappa shape index (κ2) is 7.31. The number of hydrogen-bond donors (Lipinski definition) is 0. The second-order valence-corrected chi connectivity index (χ2v) is 6.12. The molecule has 0 fully saturated rings. The van der Waals surface area contributed by atoms with Crippen molar-refractivity contribution in [1.82, 2.24) is 0 Å². The van der Waals surface area contributed by atoms with Crippen LogP contribution in [0.3, 0.4) is 0 Å². The van der Waals surface area contributed by atoms with Crippen molar-refractivity contribution in [2.45, 2.75) is 32.6 Å². The molecule has 0 N–H and O–H groups in total. The van der Waals surface area contributed by atoms with Crippen molar-refractivity contribution in [3.63, 3.8) is 0 Å².